The van der Waals surface area contributed by atoms with Crippen molar-refractivity contribution >= 4 is 10.0 Å². The Morgan fingerprint density at radius 3 is 2.68 bits per heavy atom. The molecule has 1 aromatic heterocycles. The number of hydrogen-bond acceptors (Lipinski definition) is 6. The maximum atomic E-state index is 12.8. The molecule has 2 unspecified atom stereocenters. The van der Waals surface area contributed by atoms with Gasteiger partial charge in [-0.15, -0.1) is 0 Å². The Kier molecular flexibility index (Phi) is 6.47. The molecule has 1 aromatic carbocycles. The van der Waals surface area contributed by atoms with E-state index in [1.807, 2.05) is 45.2 Å². The molecule has 0 aliphatic carbocycles. The van der Waals surface area contributed by atoms with Crippen LogP contribution in [0.3, 0.4) is 0 Å². The van der Waals surface area contributed by atoms with Gasteiger partial charge in [-0.25, -0.2) is 18.6 Å². The van der Waals surface area contributed by atoms with Gasteiger partial charge in [0.05, 0.1) is 10.9 Å². The minimum absolute atomic E-state index is 0.169. The van der Waals surface area contributed by atoms with Crippen molar-refractivity contribution < 1.29 is 8.42 Å². The lowest BCUT2D eigenvalue weighted by Crippen LogP contribution is -2.41. The van der Waals surface area contributed by atoms with E-state index in [4.69, 9.17) is 0 Å². The van der Waals surface area contributed by atoms with E-state index in [0.29, 0.717) is 17.4 Å². The van der Waals surface area contributed by atoms with Gasteiger partial charge < -0.3 is 5.32 Å². The minimum atomic E-state index is -3.57. The first-order chi connectivity index (χ1) is 13.3. The molecule has 152 valence electrons. The predicted molar refractivity (Wildman–Crippen MR) is 110 cm³/mol. The van der Waals surface area contributed by atoms with Gasteiger partial charge in [0.1, 0.15) is 0 Å². The van der Waals surface area contributed by atoms with Gasteiger partial charge in [-0.05, 0) is 44.0 Å². The van der Waals surface area contributed by atoms with Crippen LogP contribution in [0.25, 0.3) is 0 Å². The molecule has 28 heavy (non-hydrogen) atoms. The molecule has 0 bridgehead atoms. The summed E-state index contributed by atoms with van der Waals surface area (Å²) < 4.78 is 28.2. The average molecular weight is 404 g/mol. The van der Waals surface area contributed by atoms with Crippen molar-refractivity contribution in [2.75, 3.05) is 13.1 Å². The Bertz CT molecular complexity index is 881. The SMILES string of the molecule is CC(C)(C)NS(=O)(=O)c1ccccc1CNCC1CNNC1c1cccnc1. The minimum Gasteiger partial charge on any atom is -0.312 e. The van der Waals surface area contributed by atoms with Crippen LogP contribution >= 0.6 is 0 Å². The second-order valence-corrected chi connectivity index (χ2v) is 9.79. The van der Waals surface area contributed by atoms with Crippen LogP contribution in [0.15, 0.2) is 53.7 Å². The van der Waals surface area contributed by atoms with Gasteiger partial charge in [-0.1, -0.05) is 24.3 Å². The van der Waals surface area contributed by atoms with Crippen LogP contribution in [-0.2, 0) is 16.6 Å². The van der Waals surface area contributed by atoms with Crippen molar-refractivity contribution in [1.82, 2.24) is 25.9 Å². The molecule has 1 saturated heterocycles. The first kappa shape index (κ1) is 20.9. The zero-order chi connectivity index (χ0) is 20.2. The zero-order valence-corrected chi connectivity index (χ0v) is 17.4. The number of nitrogens with one attached hydrogen (secondary N) is 4. The van der Waals surface area contributed by atoms with Crippen molar-refractivity contribution in [1.29, 1.82) is 0 Å². The summed E-state index contributed by atoms with van der Waals surface area (Å²) in [6.07, 6.45) is 3.64. The molecule has 0 spiro atoms. The zero-order valence-electron chi connectivity index (χ0n) is 16.6. The van der Waals surface area contributed by atoms with Crippen LogP contribution in [0.4, 0.5) is 0 Å². The summed E-state index contributed by atoms with van der Waals surface area (Å²) in [7, 11) is -3.57. The number of rotatable bonds is 7. The van der Waals surface area contributed by atoms with Crippen molar-refractivity contribution in [3.05, 3.63) is 59.9 Å². The second kappa shape index (κ2) is 8.67. The van der Waals surface area contributed by atoms with E-state index in [0.717, 1.165) is 24.2 Å². The van der Waals surface area contributed by atoms with Crippen LogP contribution in [0, 0.1) is 5.92 Å². The summed E-state index contributed by atoms with van der Waals surface area (Å²) in [6.45, 7) is 7.58. The van der Waals surface area contributed by atoms with Gasteiger partial charge in [0.15, 0.2) is 0 Å². The lowest BCUT2D eigenvalue weighted by atomic mass is 9.96. The third-order valence-corrected chi connectivity index (χ3v) is 6.42. The highest BCUT2D eigenvalue weighted by atomic mass is 32.2. The largest absolute Gasteiger partial charge is 0.312 e. The Morgan fingerprint density at radius 2 is 1.96 bits per heavy atom. The van der Waals surface area contributed by atoms with Gasteiger partial charge >= 0.3 is 0 Å². The maximum absolute atomic E-state index is 12.8. The molecule has 1 aliphatic heterocycles. The van der Waals surface area contributed by atoms with Crippen LogP contribution in [0.2, 0.25) is 0 Å². The van der Waals surface area contributed by atoms with Crippen LogP contribution in [0.1, 0.15) is 37.9 Å². The molecule has 8 heteroatoms. The Labute approximate surface area is 167 Å². The Hall–Kier alpha value is -1.84. The van der Waals surface area contributed by atoms with E-state index in [-0.39, 0.29) is 6.04 Å². The highest BCUT2D eigenvalue weighted by Gasteiger charge is 2.28. The number of aromatic nitrogens is 1. The first-order valence-electron chi connectivity index (χ1n) is 9.47. The molecule has 1 fully saturated rings. The van der Waals surface area contributed by atoms with Crippen LogP contribution < -0.4 is 20.9 Å². The molecule has 2 aromatic rings. The van der Waals surface area contributed by atoms with Gasteiger partial charge in [0.2, 0.25) is 10.0 Å². The number of benzene rings is 1. The molecule has 2 heterocycles. The lowest BCUT2D eigenvalue weighted by molar-refractivity contribution is 0.439. The van der Waals surface area contributed by atoms with Crippen molar-refractivity contribution in [2.45, 2.75) is 43.8 Å². The lowest BCUT2D eigenvalue weighted by Gasteiger charge is -2.22. The number of pyridine rings is 1. The van der Waals surface area contributed by atoms with E-state index < -0.39 is 15.6 Å². The first-order valence-corrected chi connectivity index (χ1v) is 11.0. The fourth-order valence-electron chi connectivity index (χ4n) is 3.40. The van der Waals surface area contributed by atoms with E-state index in [1.165, 1.54) is 0 Å². The standard InChI is InChI=1S/C20H29N5O2S/c1-20(2,3)25-28(26,27)18-9-5-4-7-15(18)11-22-13-17-14-23-24-19(17)16-8-6-10-21-12-16/h4-10,12,17,19,22-25H,11,13-14H2,1-3H3. The highest BCUT2D eigenvalue weighted by Crippen LogP contribution is 2.24. The fraction of sp³-hybridized carbons (Fsp3) is 0.450. The summed E-state index contributed by atoms with van der Waals surface area (Å²) >= 11 is 0. The molecule has 0 saturated carbocycles. The fourth-order valence-corrected chi connectivity index (χ4v) is 5.06. The summed E-state index contributed by atoms with van der Waals surface area (Å²) in [5, 5.41) is 3.43. The van der Waals surface area contributed by atoms with Gasteiger partial charge in [-0.2, -0.15) is 0 Å². The van der Waals surface area contributed by atoms with Crippen LogP contribution in [0.5, 0.6) is 0 Å². The third kappa shape index (κ3) is 5.36. The number of hydrazine groups is 1. The molecule has 7 nitrogen and oxygen atoms in total. The number of hydrogen-bond donors (Lipinski definition) is 4. The third-order valence-electron chi connectivity index (χ3n) is 4.56. The predicted octanol–water partition coefficient (Wildman–Crippen LogP) is 1.71. The van der Waals surface area contributed by atoms with Gasteiger partial charge in [0, 0.05) is 43.5 Å². The van der Waals surface area contributed by atoms with E-state index in [1.54, 1.807) is 18.3 Å². The molecule has 0 radical (unpaired) electrons. The smallest absolute Gasteiger partial charge is 0.241 e. The topological polar surface area (TPSA) is 95.2 Å². The summed E-state index contributed by atoms with van der Waals surface area (Å²) in [4.78, 5) is 4.52. The summed E-state index contributed by atoms with van der Waals surface area (Å²) in [5.41, 5.74) is 7.87. The summed E-state index contributed by atoms with van der Waals surface area (Å²) in [5.74, 6) is 0.334. The number of nitrogens with zero attached hydrogens (tertiary/aromatic N) is 1. The molecule has 2 atom stereocenters. The van der Waals surface area contributed by atoms with E-state index in [9.17, 15) is 8.42 Å². The monoisotopic (exact) mass is 403 g/mol. The average Bonchev–Trinajstić information content (AvgIpc) is 3.09. The number of sulfonamides is 1. The van der Waals surface area contributed by atoms with Gasteiger partial charge in [-0.3, -0.25) is 10.4 Å². The van der Waals surface area contributed by atoms with Gasteiger partial charge in [0.25, 0.3) is 0 Å². The van der Waals surface area contributed by atoms with Crippen molar-refractivity contribution in [3.63, 3.8) is 0 Å². The van der Waals surface area contributed by atoms with Crippen molar-refractivity contribution in [2.24, 2.45) is 5.92 Å². The van der Waals surface area contributed by atoms with E-state index in [2.05, 4.69) is 31.9 Å². The highest BCUT2D eigenvalue weighted by molar-refractivity contribution is 7.89. The van der Waals surface area contributed by atoms with E-state index >= 15 is 0 Å². The Morgan fingerprint density at radius 1 is 1.18 bits per heavy atom. The molecule has 4 N–H and O–H groups in total. The van der Waals surface area contributed by atoms with Crippen molar-refractivity contribution in [3.8, 4) is 0 Å². The molecule has 0 amide bonds. The molecular weight excluding hydrogens is 374 g/mol. The molecular formula is C20H29N5O2S. The second-order valence-electron chi connectivity index (χ2n) is 8.14. The van der Waals surface area contributed by atoms with Crippen LogP contribution in [-0.4, -0.2) is 32.0 Å². The normalized spacial score (nSPS) is 20.4. The Balaban J connectivity index is 1.66. The maximum Gasteiger partial charge on any atom is 0.241 e. The molecule has 1 aliphatic rings. The summed E-state index contributed by atoms with van der Waals surface area (Å²) in [6, 6.07) is 11.3. The quantitative estimate of drug-likeness (QED) is 0.562. The molecule has 3 rings (SSSR count).